The zero-order valence-electron chi connectivity index (χ0n) is 10.4. The van der Waals surface area contributed by atoms with Crippen LogP contribution in [0.2, 0.25) is 0 Å². The van der Waals surface area contributed by atoms with Crippen LogP contribution in [0.25, 0.3) is 0 Å². The summed E-state index contributed by atoms with van der Waals surface area (Å²) in [5, 5.41) is 9.96. The van der Waals surface area contributed by atoms with Crippen LogP contribution in [0, 0.1) is 18.6 Å². The quantitative estimate of drug-likeness (QED) is 0.851. The van der Waals surface area contributed by atoms with E-state index >= 15 is 0 Å². The van der Waals surface area contributed by atoms with Gasteiger partial charge in [-0.1, -0.05) is 23.8 Å². The molecule has 100 valence electrons. The number of thioether (sulfide) groups is 1. The van der Waals surface area contributed by atoms with E-state index in [0.29, 0.717) is 11.3 Å². The molecule has 4 heteroatoms. The average molecular weight is 280 g/mol. The topological polar surface area (TPSA) is 20.2 Å². The molecule has 2 rings (SSSR count). The Hall–Kier alpha value is -1.39. The number of aryl methyl sites for hydroxylation is 1. The smallest absolute Gasteiger partial charge is 0.159 e. The summed E-state index contributed by atoms with van der Waals surface area (Å²) in [6.45, 7) is 2.00. The standard InChI is InChI=1S/C15H14F2OS/c1-10-3-2-4-12(7-10)19-9-15(18)11-5-6-13(16)14(17)8-11/h2-8,15,18H,9H2,1H3. The van der Waals surface area contributed by atoms with E-state index in [0.717, 1.165) is 22.6 Å². The van der Waals surface area contributed by atoms with Crippen molar-refractivity contribution >= 4 is 11.8 Å². The van der Waals surface area contributed by atoms with Crippen LogP contribution in [0.1, 0.15) is 17.2 Å². The number of aliphatic hydroxyl groups excluding tert-OH is 1. The first-order chi connectivity index (χ1) is 9.06. The Kier molecular flexibility index (Phi) is 4.56. The normalized spacial score (nSPS) is 12.4. The van der Waals surface area contributed by atoms with E-state index in [1.54, 1.807) is 0 Å². The van der Waals surface area contributed by atoms with Crippen LogP contribution in [-0.4, -0.2) is 10.9 Å². The maximum atomic E-state index is 13.1. The monoisotopic (exact) mass is 280 g/mol. The summed E-state index contributed by atoms with van der Waals surface area (Å²) in [6.07, 6.45) is -0.819. The fourth-order valence-electron chi connectivity index (χ4n) is 1.70. The minimum absolute atomic E-state index is 0.388. The third-order valence-corrected chi connectivity index (χ3v) is 3.80. The van der Waals surface area contributed by atoms with Crippen molar-refractivity contribution < 1.29 is 13.9 Å². The lowest BCUT2D eigenvalue weighted by atomic mass is 10.1. The summed E-state index contributed by atoms with van der Waals surface area (Å²) in [7, 11) is 0. The average Bonchev–Trinajstić information content (AvgIpc) is 2.39. The lowest BCUT2D eigenvalue weighted by molar-refractivity contribution is 0.203. The molecule has 1 nitrogen and oxygen atoms in total. The van der Waals surface area contributed by atoms with Crippen LogP contribution >= 0.6 is 11.8 Å². The van der Waals surface area contributed by atoms with Gasteiger partial charge in [-0.15, -0.1) is 11.8 Å². The predicted octanol–water partition coefficient (Wildman–Crippen LogP) is 4.10. The summed E-state index contributed by atoms with van der Waals surface area (Å²) in [5.74, 6) is -1.44. The lowest BCUT2D eigenvalue weighted by Crippen LogP contribution is -2.01. The Balaban J connectivity index is 2.01. The van der Waals surface area contributed by atoms with Gasteiger partial charge in [0, 0.05) is 10.6 Å². The molecule has 19 heavy (non-hydrogen) atoms. The fourth-order valence-corrected chi connectivity index (χ4v) is 2.68. The van der Waals surface area contributed by atoms with Crippen LogP contribution in [-0.2, 0) is 0 Å². The SMILES string of the molecule is Cc1cccc(SCC(O)c2ccc(F)c(F)c2)c1. The minimum atomic E-state index is -0.933. The maximum Gasteiger partial charge on any atom is 0.159 e. The molecule has 0 fully saturated rings. The van der Waals surface area contributed by atoms with Crippen LogP contribution in [0.3, 0.4) is 0 Å². The molecule has 0 aliphatic carbocycles. The number of benzene rings is 2. The van der Waals surface area contributed by atoms with Gasteiger partial charge in [-0.25, -0.2) is 8.78 Å². The molecule has 0 saturated heterocycles. The Bertz CT molecular complexity index is 572. The molecule has 0 aliphatic rings. The second-order valence-electron chi connectivity index (χ2n) is 4.32. The highest BCUT2D eigenvalue weighted by Gasteiger charge is 2.11. The van der Waals surface area contributed by atoms with Gasteiger partial charge in [0.05, 0.1) is 6.10 Å². The Morgan fingerprint density at radius 1 is 1.11 bits per heavy atom. The first kappa shape index (κ1) is 14.0. The highest BCUT2D eigenvalue weighted by molar-refractivity contribution is 7.99. The van der Waals surface area contributed by atoms with Crippen molar-refractivity contribution in [1.29, 1.82) is 0 Å². The zero-order chi connectivity index (χ0) is 13.8. The van der Waals surface area contributed by atoms with Gasteiger partial charge < -0.3 is 5.11 Å². The van der Waals surface area contributed by atoms with Gasteiger partial charge in [0.1, 0.15) is 0 Å². The Morgan fingerprint density at radius 2 is 1.89 bits per heavy atom. The van der Waals surface area contributed by atoms with Crippen LogP contribution < -0.4 is 0 Å². The van der Waals surface area contributed by atoms with E-state index in [1.165, 1.54) is 17.8 Å². The Morgan fingerprint density at radius 3 is 2.58 bits per heavy atom. The molecule has 1 N–H and O–H groups in total. The highest BCUT2D eigenvalue weighted by Crippen LogP contribution is 2.26. The summed E-state index contributed by atoms with van der Waals surface area (Å²) in [6, 6.07) is 11.4. The van der Waals surface area contributed by atoms with Crippen molar-refractivity contribution in [2.75, 3.05) is 5.75 Å². The van der Waals surface area contributed by atoms with E-state index in [-0.39, 0.29) is 0 Å². The van der Waals surface area contributed by atoms with Crippen LogP contribution in [0.5, 0.6) is 0 Å². The fraction of sp³-hybridized carbons (Fsp3) is 0.200. The third kappa shape index (κ3) is 3.78. The van der Waals surface area contributed by atoms with E-state index in [9.17, 15) is 13.9 Å². The molecule has 0 heterocycles. The number of aliphatic hydroxyl groups is 1. The van der Waals surface area contributed by atoms with Gasteiger partial charge in [0.15, 0.2) is 11.6 Å². The Labute approximate surface area is 115 Å². The summed E-state index contributed by atoms with van der Waals surface area (Å²) >= 11 is 1.48. The molecule has 2 aromatic rings. The van der Waals surface area contributed by atoms with Crippen molar-refractivity contribution in [2.45, 2.75) is 17.9 Å². The molecule has 0 bridgehead atoms. The molecule has 1 atom stereocenters. The van der Waals surface area contributed by atoms with Crippen LogP contribution in [0.4, 0.5) is 8.78 Å². The van der Waals surface area contributed by atoms with Crippen molar-refractivity contribution in [2.24, 2.45) is 0 Å². The van der Waals surface area contributed by atoms with Crippen molar-refractivity contribution in [1.82, 2.24) is 0 Å². The van der Waals surface area contributed by atoms with Gasteiger partial charge in [-0.05, 0) is 36.8 Å². The van der Waals surface area contributed by atoms with Gasteiger partial charge in [-0.2, -0.15) is 0 Å². The molecule has 2 aromatic carbocycles. The van der Waals surface area contributed by atoms with Gasteiger partial charge in [-0.3, -0.25) is 0 Å². The first-order valence-electron chi connectivity index (χ1n) is 5.89. The molecule has 1 unspecified atom stereocenters. The maximum absolute atomic E-state index is 13.1. The van der Waals surface area contributed by atoms with E-state index in [4.69, 9.17) is 0 Å². The number of hydrogen-bond donors (Lipinski definition) is 1. The molecule has 0 aliphatic heterocycles. The molecule has 0 spiro atoms. The van der Waals surface area contributed by atoms with E-state index in [2.05, 4.69) is 0 Å². The molecular weight excluding hydrogens is 266 g/mol. The number of hydrogen-bond acceptors (Lipinski definition) is 2. The summed E-state index contributed by atoms with van der Waals surface area (Å²) in [4.78, 5) is 1.04. The number of rotatable bonds is 4. The van der Waals surface area contributed by atoms with Crippen LogP contribution in [0.15, 0.2) is 47.4 Å². The first-order valence-corrected chi connectivity index (χ1v) is 6.87. The molecular formula is C15H14F2OS. The van der Waals surface area contributed by atoms with Crippen molar-refractivity contribution in [3.63, 3.8) is 0 Å². The second-order valence-corrected chi connectivity index (χ2v) is 5.41. The second kappa shape index (κ2) is 6.17. The highest BCUT2D eigenvalue weighted by atomic mass is 32.2. The van der Waals surface area contributed by atoms with Crippen molar-refractivity contribution in [3.8, 4) is 0 Å². The summed E-state index contributed by atoms with van der Waals surface area (Å²) in [5.41, 5.74) is 1.53. The lowest BCUT2D eigenvalue weighted by Gasteiger charge is -2.11. The molecule has 0 amide bonds. The zero-order valence-corrected chi connectivity index (χ0v) is 11.3. The molecule has 0 saturated carbocycles. The van der Waals surface area contributed by atoms with Gasteiger partial charge in [0.2, 0.25) is 0 Å². The molecule has 0 radical (unpaired) electrons. The third-order valence-electron chi connectivity index (χ3n) is 2.73. The van der Waals surface area contributed by atoms with Gasteiger partial charge in [0.25, 0.3) is 0 Å². The van der Waals surface area contributed by atoms with Gasteiger partial charge >= 0.3 is 0 Å². The van der Waals surface area contributed by atoms with Crippen molar-refractivity contribution in [3.05, 3.63) is 65.2 Å². The molecule has 0 aromatic heterocycles. The predicted molar refractivity (Wildman–Crippen MR) is 73.2 cm³/mol. The summed E-state index contributed by atoms with van der Waals surface area (Å²) < 4.78 is 25.9. The van der Waals surface area contributed by atoms with E-state index in [1.807, 2.05) is 31.2 Å². The largest absolute Gasteiger partial charge is 0.388 e. The number of halogens is 2. The minimum Gasteiger partial charge on any atom is -0.388 e. The van der Waals surface area contributed by atoms with E-state index < -0.39 is 17.7 Å².